The Morgan fingerprint density at radius 2 is 0.788 bits per heavy atom. The van der Waals surface area contributed by atoms with Crippen molar-refractivity contribution in [2.45, 2.75) is 146 Å². The van der Waals surface area contributed by atoms with E-state index in [1.165, 1.54) is 140 Å². The van der Waals surface area contributed by atoms with Crippen molar-refractivity contribution in [2.75, 3.05) is 17.8 Å². The van der Waals surface area contributed by atoms with Crippen molar-refractivity contribution in [2.24, 2.45) is 0 Å². The Kier molecular flexibility index (Phi) is 24.8. The van der Waals surface area contributed by atoms with E-state index in [0.29, 0.717) is 3.91 Å². The lowest BCUT2D eigenvalue weighted by molar-refractivity contribution is 0.563. The minimum Gasteiger partial charge on any atom is -0.139 e. The zero-order chi connectivity index (χ0) is 23.8. The molecular formula is C28H54S5. The first-order valence-electron chi connectivity index (χ1n) is 14.2. The molecule has 0 unspecified atom stereocenters. The first kappa shape index (κ1) is 32.5. The van der Waals surface area contributed by atoms with Crippen LogP contribution >= 0.6 is 58.8 Å². The molecule has 0 spiro atoms. The van der Waals surface area contributed by atoms with Crippen LogP contribution < -0.4 is 0 Å². The van der Waals surface area contributed by atoms with Crippen molar-refractivity contribution in [1.29, 1.82) is 0 Å². The SMILES string of the molecule is CCCCCCCCCCCCSC1=C(SCCCCCCCCCCCC)SC(SC)S1. The van der Waals surface area contributed by atoms with Crippen LogP contribution in [-0.4, -0.2) is 21.7 Å². The third-order valence-corrected chi connectivity index (χ3v) is 13.9. The van der Waals surface area contributed by atoms with Crippen LogP contribution in [0.15, 0.2) is 8.47 Å². The summed E-state index contributed by atoms with van der Waals surface area (Å²) in [6.07, 6.45) is 31.0. The molecule has 1 aliphatic heterocycles. The van der Waals surface area contributed by atoms with E-state index >= 15 is 0 Å². The lowest BCUT2D eigenvalue weighted by Crippen LogP contribution is -1.85. The highest BCUT2D eigenvalue weighted by atomic mass is 32.3. The third-order valence-electron chi connectivity index (χ3n) is 6.23. The molecule has 0 aromatic carbocycles. The number of hydrogen-bond acceptors (Lipinski definition) is 5. The summed E-state index contributed by atoms with van der Waals surface area (Å²) in [4.78, 5) is 0. The summed E-state index contributed by atoms with van der Waals surface area (Å²) in [6, 6.07) is 0. The Morgan fingerprint density at radius 3 is 1.09 bits per heavy atom. The molecule has 0 N–H and O–H groups in total. The number of thioether (sulfide) groups is 5. The van der Waals surface area contributed by atoms with Gasteiger partial charge in [-0.1, -0.05) is 153 Å². The van der Waals surface area contributed by atoms with Gasteiger partial charge in [0.15, 0.2) is 0 Å². The molecule has 5 heteroatoms. The highest BCUT2D eigenvalue weighted by Gasteiger charge is 2.25. The second kappa shape index (κ2) is 25.2. The Labute approximate surface area is 230 Å². The van der Waals surface area contributed by atoms with Crippen molar-refractivity contribution in [3.8, 4) is 0 Å². The quantitative estimate of drug-likeness (QED) is 0.103. The third kappa shape index (κ3) is 19.3. The zero-order valence-electron chi connectivity index (χ0n) is 22.2. The van der Waals surface area contributed by atoms with Crippen molar-refractivity contribution in [3.05, 3.63) is 8.47 Å². The topological polar surface area (TPSA) is 0 Å². The van der Waals surface area contributed by atoms with Crippen molar-refractivity contribution in [1.82, 2.24) is 0 Å². The summed E-state index contributed by atoms with van der Waals surface area (Å²) < 4.78 is 3.98. The van der Waals surface area contributed by atoms with Gasteiger partial charge in [-0.15, -0.1) is 35.3 Å². The molecule has 33 heavy (non-hydrogen) atoms. The standard InChI is InChI=1S/C28H54S5/c1-4-6-8-10-12-14-16-18-20-22-24-30-26-27(33-28(29-3)32-26)31-25-23-21-19-17-15-13-11-9-7-5-2/h28H,4-25H2,1-3H3. The molecule has 0 fully saturated rings. The summed E-state index contributed by atoms with van der Waals surface area (Å²) in [6.45, 7) is 4.61. The van der Waals surface area contributed by atoms with Crippen molar-refractivity contribution < 1.29 is 0 Å². The molecule has 1 aliphatic rings. The molecule has 1 rings (SSSR count). The van der Waals surface area contributed by atoms with E-state index in [4.69, 9.17) is 0 Å². The molecular weight excluding hydrogens is 497 g/mol. The van der Waals surface area contributed by atoms with Gasteiger partial charge in [0.1, 0.15) is 3.91 Å². The van der Waals surface area contributed by atoms with Gasteiger partial charge >= 0.3 is 0 Å². The summed E-state index contributed by atoms with van der Waals surface area (Å²) in [5, 5.41) is 0. The minimum absolute atomic E-state index is 0.690. The van der Waals surface area contributed by atoms with Gasteiger partial charge in [0.25, 0.3) is 0 Å². The van der Waals surface area contributed by atoms with Gasteiger partial charge in [0.2, 0.25) is 0 Å². The molecule has 1 heterocycles. The predicted molar refractivity (Wildman–Crippen MR) is 168 cm³/mol. The van der Waals surface area contributed by atoms with E-state index in [9.17, 15) is 0 Å². The molecule has 0 aliphatic carbocycles. The van der Waals surface area contributed by atoms with Crippen LogP contribution in [0.5, 0.6) is 0 Å². The van der Waals surface area contributed by atoms with Crippen LogP contribution in [0.1, 0.15) is 142 Å². The van der Waals surface area contributed by atoms with Gasteiger partial charge in [-0.05, 0) is 30.6 Å². The predicted octanol–water partition coefficient (Wildman–Crippen LogP) is 12.5. The van der Waals surface area contributed by atoms with Gasteiger partial charge < -0.3 is 0 Å². The van der Waals surface area contributed by atoms with Crippen LogP contribution in [0.4, 0.5) is 0 Å². The summed E-state index contributed by atoms with van der Waals surface area (Å²) >= 11 is 10.6. The normalized spacial score (nSPS) is 14.6. The Bertz CT molecular complexity index is 414. The number of unbranched alkanes of at least 4 members (excludes halogenated alkanes) is 18. The largest absolute Gasteiger partial charge is 0.139 e. The highest BCUT2D eigenvalue weighted by Crippen LogP contribution is 2.57. The molecule has 0 nitrogen and oxygen atoms in total. The van der Waals surface area contributed by atoms with E-state index in [1.54, 1.807) is 8.47 Å². The van der Waals surface area contributed by atoms with E-state index in [0.717, 1.165) is 0 Å². The van der Waals surface area contributed by atoms with Crippen LogP contribution in [-0.2, 0) is 0 Å². The maximum Gasteiger partial charge on any atom is 0.106 e. The smallest absolute Gasteiger partial charge is 0.106 e. The molecule has 0 aromatic heterocycles. The summed E-state index contributed by atoms with van der Waals surface area (Å²) in [7, 11) is 0. The van der Waals surface area contributed by atoms with Gasteiger partial charge in [0.05, 0.1) is 8.47 Å². The second-order valence-electron chi connectivity index (χ2n) is 9.40. The lowest BCUT2D eigenvalue weighted by Gasteiger charge is -2.06. The molecule has 196 valence electrons. The van der Waals surface area contributed by atoms with Crippen molar-refractivity contribution >= 4 is 58.8 Å². The van der Waals surface area contributed by atoms with E-state index in [-0.39, 0.29) is 0 Å². The van der Waals surface area contributed by atoms with Gasteiger partial charge in [-0.3, -0.25) is 0 Å². The molecule has 0 aromatic rings. The van der Waals surface area contributed by atoms with Gasteiger partial charge in [-0.25, -0.2) is 0 Å². The van der Waals surface area contributed by atoms with Crippen LogP contribution in [0, 0.1) is 0 Å². The fourth-order valence-electron chi connectivity index (χ4n) is 4.09. The van der Waals surface area contributed by atoms with Crippen LogP contribution in [0.3, 0.4) is 0 Å². The second-order valence-corrected chi connectivity index (χ2v) is 16.2. The van der Waals surface area contributed by atoms with E-state index < -0.39 is 0 Å². The Morgan fingerprint density at radius 1 is 0.485 bits per heavy atom. The molecule has 0 saturated heterocycles. The fourth-order valence-corrected chi connectivity index (χ4v) is 11.7. The Balaban J connectivity index is 2.04. The first-order valence-corrected chi connectivity index (χ1v) is 19.2. The van der Waals surface area contributed by atoms with E-state index in [2.05, 4.69) is 67.2 Å². The van der Waals surface area contributed by atoms with Crippen LogP contribution in [0.2, 0.25) is 0 Å². The highest BCUT2D eigenvalue weighted by molar-refractivity contribution is 8.44. The van der Waals surface area contributed by atoms with Crippen molar-refractivity contribution in [3.63, 3.8) is 0 Å². The Hall–Kier alpha value is 1.49. The van der Waals surface area contributed by atoms with Gasteiger partial charge in [-0.2, -0.15) is 0 Å². The first-order chi connectivity index (χ1) is 16.3. The average Bonchev–Trinajstić information content (AvgIpc) is 3.23. The zero-order valence-corrected chi connectivity index (χ0v) is 26.3. The number of hydrogen-bond donors (Lipinski definition) is 0. The molecule has 0 saturated carbocycles. The molecule has 0 amide bonds. The minimum atomic E-state index is 0.690. The fraction of sp³-hybridized carbons (Fsp3) is 0.929. The lowest BCUT2D eigenvalue weighted by atomic mass is 10.1. The maximum atomic E-state index is 2.30. The monoisotopic (exact) mass is 550 g/mol. The molecule has 0 atom stereocenters. The van der Waals surface area contributed by atoms with E-state index in [1.807, 2.05) is 11.8 Å². The molecule has 0 bridgehead atoms. The summed E-state index contributed by atoms with van der Waals surface area (Å²) in [5.74, 6) is 2.64. The number of rotatable bonds is 25. The van der Waals surface area contributed by atoms with Gasteiger partial charge in [0, 0.05) is 0 Å². The summed E-state index contributed by atoms with van der Waals surface area (Å²) in [5.41, 5.74) is 0. The molecule has 0 radical (unpaired) electrons. The average molecular weight is 551 g/mol. The maximum absolute atomic E-state index is 2.30. The van der Waals surface area contributed by atoms with Crippen LogP contribution in [0.25, 0.3) is 0 Å².